The Morgan fingerprint density at radius 1 is 0.531 bits per heavy atom. The van der Waals surface area contributed by atoms with Crippen LogP contribution >= 0.6 is 0 Å². The van der Waals surface area contributed by atoms with E-state index in [0.717, 1.165) is 91.4 Å². The molecule has 56 nitrogen and oxygen atoms in total. The Kier molecular flexibility index (Phi) is 42.7. The molecule has 0 unspecified atom stereocenters. The summed E-state index contributed by atoms with van der Waals surface area (Å²) >= 11 is 0. The van der Waals surface area contributed by atoms with Gasteiger partial charge in [-0.15, -0.1) is 40.5 Å². The lowest BCUT2D eigenvalue weighted by atomic mass is 10.1. The number of rotatable bonds is 17. The first-order valence-corrected chi connectivity index (χ1v) is 28.8. The lowest BCUT2D eigenvalue weighted by Gasteiger charge is -2.00. The summed E-state index contributed by atoms with van der Waals surface area (Å²) in [6, 6.07) is 9.95. The van der Waals surface area contributed by atoms with Crippen LogP contribution in [0.25, 0.3) is 0 Å². The first-order chi connectivity index (χ1) is 47.7. The maximum Gasteiger partial charge on any atom is 0.370 e. The van der Waals surface area contributed by atoms with Crippen molar-refractivity contribution in [2.75, 3.05) is 32.4 Å². The van der Waals surface area contributed by atoms with Crippen molar-refractivity contribution < 1.29 is 29.7 Å². The molecule has 56 heteroatoms. The highest BCUT2D eigenvalue weighted by Crippen LogP contribution is 2.03. The number of methoxy groups -OCH3 is 1. The molecule has 0 saturated heterocycles. The van der Waals surface area contributed by atoms with Gasteiger partial charge in [-0.05, 0) is 187 Å². The largest absolute Gasteiger partial charge is 0.478 e. The number of aromatic hydroxyl groups is 2. The number of nitrogens with two attached hydrogens (primary N) is 2. The summed E-state index contributed by atoms with van der Waals surface area (Å²) in [6.07, 6.45) is 12.2. The summed E-state index contributed by atoms with van der Waals surface area (Å²) in [5.41, 5.74) is 6.19. The third-order valence-electron chi connectivity index (χ3n) is 10.2. The van der Waals surface area contributed by atoms with Crippen LogP contribution in [0.1, 0.15) is 121 Å². The minimum absolute atomic E-state index is 0.167. The van der Waals surface area contributed by atoms with E-state index in [1.165, 1.54) is 61.3 Å². The highest BCUT2D eigenvalue weighted by molar-refractivity contribution is 5.14. The molecule has 0 radical (unpaired) electrons. The molecule has 1 aromatic carbocycles. The van der Waals surface area contributed by atoms with E-state index in [1.54, 1.807) is 23.3 Å². The number of nitrogens with one attached hydrogen (secondary N) is 6. The molecule has 0 aliphatic carbocycles. The second-order valence-electron chi connectivity index (χ2n) is 17.3. The number of benzene rings is 1. The lowest BCUT2D eigenvalue weighted by molar-refractivity contribution is 0.103. The highest BCUT2D eigenvalue weighted by Gasteiger charge is 2.04. The molecule has 0 aliphatic heterocycles. The van der Waals surface area contributed by atoms with E-state index in [2.05, 4.69) is 259 Å². The van der Waals surface area contributed by atoms with Gasteiger partial charge >= 0.3 is 24.0 Å². The van der Waals surface area contributed by atoms with Gasteiger partial charge in [-0.25, -0.2) is 40.0 Å². The quantitative estimate of drug-likeness (QED) is 0.0232. The minimum atomic E-state index is -0.611. The number of hydrogen-bond donors (Lipinski definition) is 11. The van der Waals surface area contributed by atoms with E-state index in [9.17, 15) is 0 Å². The molecule has 0 aliphatic rings. The topological polar surface area (TPSA) is 729 Å². The Morgan fingerprint density at radius 3 is 1.53 bits per heavy atom. The highest BCUT2D eigenvalue weighted by atomic mass is 16.7. The number of ether oxygens (including phenoxy) is 2. The monoisotopic (exact) mass is 1380 g/mol. The summed E-state index contributed by atoms with van der Waals surface area (Å²) in [6.45, 7) is 18.1. The van der Waals surface area contributed by atoms with Gasteiger partial charge in [-0.3, -0.25) is 0 Å². The molecule has 0 amide bonds. The SMILES string of the molecule is CCCCCCc1nnn[nH]1.CCCc1nnn[nH]1.CCCc1nnnn1N.CCOc1nnn[nH]1.CCc1nnnn1CC.COc1nnnn1OC.Cc1nnn[nH]1.Cc1nnnn1Cc1ccccc1.Cn1nnnc1O.Nc1nnn[nH]1.Oc1nnnn1O.c1nnn[nH]1. The van der Waals surface area contributed by atoms with Crippen molar-refractivity contribution in [2.24, 2.45) is 7.05 Å². The fourth-order valence-corrected chi connectivity index (χ4v) is 5.66. The van der Waals surface area contributed by atoms with Gasteiger partial charge in [-0.2, -0.15) is 4.68 Å². The van der Waals surface area contributed by atoms with E-state index in [1.807, 2.05) is 45.9 Å². The van der Waals surface area contributed by atoms with Crippen LogP contribution in [-0.2, 0) is 45.8 Å². The number of anilines is 1. The Bertz CT molecular complexity index is 3480. The van der Waals surface area contributed by atoms with Crippen LogP contribution < -0.4 is 25.9 Å². The molecule has 13 aromatic rings. The minimum Gasteiger partial charge on any atom is -0.478 e. The van der Waals surface area contributed by atoms with Crippen molar-refractivity contribution in [1.82, 2.24) is 245 Å². The van der Waals surface area contributed by atoms with E-state index in [4.69, 9.17) is 31.7 Å². The van der Waals surface area contributed by atoms with Crippen molar-refractivity contribution in [3.05, 3.63) is 77.2 Å². The molecule has 13 rings (SSSR count). The summed E-state index contributed by atoms with van der Waals surface area (Å²) < 4.78 is 14.3. The zero-order valence-corrected chi connectivity index (χ0v) is 55.2. The van der Waals surface area contributed by atoms with Crippen molar-refractivity contribution in [1.29, 1.82) is 0 Å². The number of nitrogens with zero attached hydrogens (tertiary/aromatic N) is 42. The average Bonchev–Trinajstić information content (AvgIpc) is 1.95. The molecule has 532 valence electrons. The van der Waals surface area contributed by atoms with Gasteiger partial charge in [0.2, 0.25) is 5.95 Å². The standard InChI is InChI=1S/C9H10N4.C7H14N4.C5H10N4.C4H9N5.C4H8N4.C3H6N4O2.C3H6N4O.C2H4N4O.C2H4N4.CH3N5.CH2N4O2.CH2N4/c1-8-10-11-12-13(8)7-9-5-3-2-4-6-9;1-2-3-4-5-6-7-8-10-11-9-7;1-3-5-6-7-8-9(5)4-2;1-2-3-4-6-7-8-9(4)5;1-2-3-4-5-7-8-6-4;1-8-3-4-5-6-7(3)9-2;1-2-8-3-4-6-7-5-3;1-6-2(7)3-4-5-6;1-2-3-5-6-4-2;2-1-3-5-6-4-1;6-1-2-3-4-5(1)7;1-2-4-5-3-1/h2-6H,7H2,1H3;2-6H2,1H3,(H,8,9,10,11);3-4H2,1-2H3;2-3,5H2,1H3;2-3H2,1H3,(H,5,6,7,8);1-2H3;2H2,1H3,(H,4,5,6,7);1H3,(H,3,5,7);1H3,(H,3,4,5,6);(H3,2,3,4,5,6);7H,(H,2,4,6);1H,(H,2,3,4,5). The number of aromatic amines is 6. The van der Waals surface area contributed by atoms with Gasteiger partial charge < -0.3 is 41.3 Å². The normalized spacial score (nSPS) is 9.50. The van der Waals surface area contributed by atoms with Crippen LogP contribution in [0.4, 0.5) is 5.95 Å². The number of tetrazole rings is 12. The zero-order valence-electron chi connectivity index (χ0n) is 55.2. The van der Waals surface area contributed by atoms with Gasteiger partial charge in [0.15, 0.2) is 11.6 Å². The summed E-state index contributed by atoms with van der Waals surface area (Å²) in [4.78, 5) is 7.07. The van der Waals surface area contributed by atoms with Crippen LogP contribution in [0.3, 0.4) is 0 Å². The maximum atomic E-state index is 8.49. The van der Waals surface area contributed by atoms with E-state index < -0.39 is 6.01 Å². The molecule has 12 heterocycles. The third kappa shape index (κ3) is 37.1. The fourth-order valence-electron chi connectivity index (χ4n) is 5.66. The number of aryl methyl sites for hydroxylation is 8. The Morgan fingerprint density at radius 2 is 1.14 bits per heavy atom. The Hall–Kier alpha value is -13.5. The number of aromatic nitrogens is 48. The predicted octanol–water partition coefficient (Wildman–Crippen LogP) is -4.54. The van der Waals surface area contributed by atoms with Gasteiger partial charge in [0.05, 0.1) is 20.3 Å². The molecule has 98 heavy (non-hydrogen) atoms. The molecular formula is C42H78N50O6. The zero-order chi connectivity index (χ0) is 71.6. The van der Waals surface area contributed by atoms with Crippen LogP contribution in [-0.4, -0.2) is 282 Å². The second-order valence-corrected chi connectivity index (χ2v) is 17.3. The lowest BCUT2D eigenvalue weighted by Crippen LogP contribution is -2.14. The summed E-state index contributed by atoms with van der Waals surface area (Å²) in [5, 5.41) is 162. The van der Waals surface area contributed by atoms with Gasteiger partial charge in [0.25, 0.3) is 0 Å². The number of hydrogen-bond acceptors (Lipinski definition) is 44. The van der Waals surface area contributed by atoms with Crippen molar-refractivity contribution in [3.63, 3.8) is 0 Å². The van der Waals surface area contributed by atoms with E-state index in [0.29, 0.717) is 12.6 Å². The van der Waals surface area contributed by atoms with Crippen molar-refractivity contribution in [2.45, 2.75) is 133 Å². The first-order valence-electron chi connectivity index (χ1n) is 28.8. The van der Waals surface area contributed by atoms with Crippen LogP contribution in [0.15, 0.2) is 36.7 Å². The number of nitrogen functional groups attached to an aromatic ring is 2. The molecule has 0 saturated carbocycles. The average molecular weight is 1380 g/mol. The Labute approximate surface area is 553 Å². The second kappa shape index (κ2) is 52.0. The fraction of sp³-hybridized carbons (Fsp3) is 0.571. The molecule has 13 N–H and O–H groups in total. The molecule has 0 fully saturated rings. The molecule has 0 atom stereocenters. The molecule has 0 spiro atoms. The van der Waals surface area contributed by atoms with Gasteiger partial charge in [0.1, 0.15) is 36.7 Å². The van der Waals surface area contributed by atoms with Crippen LogP contribution in [0.2, 0.25) is 0 Å². The molecular weight excluding hydrogens is 1300 g/mol. The Balaban J connectivity index is 0.000000366. The predicted molar refractivity (Wildman–Crippen MR) is 324 cm³/mol. The van der Waals surface area contributed by atoms with Gasteiger partial charge in [0, 0.05) is 39.3 Å². The van der Waals surface area contributed by atoms with E-state index in [-0.39, 0.29) is 22.8 Å². The molecule has 0 bridgehead atoms. The van der Waals surface area contributed by atoms with Gasteiger partial charge in [-0.1, -0.05) is 103 Å². The van der Waals surface area contributed by atoms with E-state index >= 15 is 0 Å². The first kappa shape index (κ1) is 80.6. The van der Waals surface area contributed by atoms with Crippen LogP contribution in [0, 0.1) is 13.8 Å². The number of unbranched alkanes of at least 4 members (excludes halogenated alkanes) is 3. The van der Waals surface area contributed by atoms with Crippen molar-refractivity contribution in [3.8, 4) is 24.0 Å². The third-order valence-corrected chi connectivity index (χ3v) is 10.2. The smallest absolute Gasteiger partial charge is 0.370 e. The number of H-pyrrole nitrogens is 6. The van der Waals surface area contributed by atoms with Crippen LogP contribution in [0.5, 0.6) is 24.0 Å². The molecule has 12 aromatic heterocycles. The summed E-state index contributed by atoms with van der Waals surface area (Å²) in [7, 11) is 4.45. The van der Waals surface area contributed by atoms with Crippen molar-refractivity contribution >= 4 is 5.95 Å². The summed E-state index contributed by atoms with van der Waals surface area (Å²) in [5.74, 6) is 10.6. The maximum absolute atomic E-state index is 8.49.